The molecule has 4 nitrogen and oxygen atoms in total. The molecule has 1 aliphatic heterocycles. The van der Waals surface area contributed by atoms with Crippen molar-refractivity contribution in [2.45, 2.75) is 50.5 Å². The molecule has 1 heterocycles. The molecule has 0 spiro atoms. The molecule has 1 aliphatic carbocycles. The Bertz CT molecular complexity index is 866. The first-order valence-electron chi connectivity index (χ1n) is 10.8. The fraction of sp³-hybridized carbons (Fsp3) is 0.480. The average Bonchev–Trinajstić information content (AvgIpc) is 2.72. The number of phenols is 1. The zero-order valence-corrected chi connectivity index (χ0v) is 17.5. The Balaban J connectivity index is 1.44. The second-order valence-corrected chi connectivity index (χ2v) is 8.87. The molecular weight excluding hydrogens is 360 g/mol. The van der Waals surface area contributed by atoms with E-state index in [0.29, 0.717) is 30.7 Å². The molecule has 2 aliphatic rings. The van der Waals surface area contributed by atoms with E-state index in [2.05, 4.69) is 42.4 Å². The average molecular weight is 393 g/mol. The summed E-state index contributed by atoms with van der Waals surface area (Å²) in [6.07, 6.45) is 4.33. The van der Waals surface area contributed by atoms with Gasteiger partial charge in [0, 0.05) is 24.4 Å². The molecule has 2 bridgehead atoms. The van der Waals surface area contributed by atoms with Crippen LogP contribution in [0.5, 0.6) is 5.75 Å². The second-order valence-electron chi connectivity index (χ2n) is 8.87. The molecule has 1 amide bonds. The molecule has 0 radical (unpaired) electrons. The molecule has 4 rings (SSSR count). The molecule has 3 atom stereocenters. The smallest absolute Gasteiger partial charge is 0.220 e. The molecule has 2 aromatic carbocycles. The quantitative estimate of drug-likeness (QED) is 0.789. The summed E-state index contributed by atoms with van der Waals surface area (Å²) in [5.41, 5.74) is 3.88. The van der Waals surface area contributed by atoms with Gasteiger partial charge in [-0.1, -0.05) is 43.3 Å². The number of phenolic OH excluding ortho intramolecular Hbond substituents is 1. The van der Waals surface area contributed by atoms with E-state index in [-0.39, 0.29) is 11.3 Å². The van der Waals surface area contributed by atoms with Crippen LogP contribution in [0.15, 0.2) is 48.5 Å². The van der Waals surface area contributed by atoms with Crippen molar-refractivity contribution in [1.29, 1.82) is 0 Å². The standard InChI is InChI=1S/C25H32N2O2/c1-18-23-16-20-9-10-21(28)17-22(20)25(18,13-15-27(23)2)12-14-26-24(29)11-8-19-6-4-3-5-7-19/h3-7,9-10,17-18,23,28H,8,11-16H2,1-2H3,(H,26,29)/t18-,23+,25-/m0/s1. The maximum atomic E-state index is 12.4. The fourth-order valence-electron chi connectivity index (χ4n) is 5.57. The number of nitrogens with zero attached hydrogens (tertiary/aromatic N) is 1. The Kier molecular flexibility index (Phi) is 5.64. The van der Waals surface area contributed by atoms with Gasteiger partial charge in [0.1, 0.15) is 5.75 Å². The molecule has 2 N–H and O–H groups in total. The van der Waals surface area contributed by atoms with Crippen LogP contribution in [-0.4, -0.2) is 42.1 Å². The lowest BCUT2D eigenvalue weighted by Gasteiger charge is -2.55. The fourth-order valence-corrected chi connectivity index (χ4v) is 5.57. The van der Waals surface area contributed by atoms with Gasteiger partial charge in [-0.2, -0.15) is 0 Å². The second kappa shape index (κ2) is 8.19. The van der Waals surface area contributed by atoms with Gasteiger partial charge in [-0.15, -0.1) is 0 Å². The SMILES string of the molecule is C[C@H]1[C@H]2Cc3ccc(O)cc3[C@@]1(CCNC(=O)CCc1ccccc1)CCN2C. The Morgan fingerprint density at radius 2 is 2.03 bits per heavy atom. The van der Waals surface area contributed by atoms with Crippen LogP contribution >= 0.6 is 0 Å². The Morgan fingerprint density at radius 1 is 1.24 bits per heavy atom. The number of fused-ring (bicyclic) bond motifs is 4. The summed E-state index contributed by atoms with van der Waals surface area (Å²) in [5, 5.41) is 13.3. The first-order valence-corrected chi connectivity index (χ1v) is 10.8. The Labute approximate surface area is 173 Å². The van der Waals surface area contributed by atoms with Gasteiger partial charge in [-0.25, -0.2) is 0 Å². The highest BCUT2D eigenvalue weighted by Gasteiger charge is 2.50. The number of carbonyl (C=O) groups excluding carboxylic acids is 1. The van der Waals surface area contributed by atoms with Crippen LogP contribution in [0, 0.1) is 5.92 Å². The number of amides is 1. The Hall–Kier alpha value is -2.33. The van der Waals surface area contributed by atoms with Crippen molar-refractivity contribution in [3.05, 3.63) is 65.2 Å². The van der Waals surface area contributed by atoms with Crippen molar-refractivity contribution in [2.75, 3.05) is 20.1 Å². The van der Waals surface area contributed by atoms with Crippen LogP contribution in [0.2, 0.25) is 0 Å². The molecular formula is C25H32N2O2. The van der Waals surface area contributed by atoms with E-state index in [9.17, 15) is 9.90 Å². The van der Waals surface area contributed by atoms with Crippen LogP contribution in [0.25, 0.3) is 0 Å². The van der Waals surface area contributed by atoms with E-state index in [4.69, 9.17) is 0 Å². The number of nitrogens with one attached hydrogen (secondary N) is 1. The largest absolute Gasteiger partial charge is 0.508 e. The monoisotopic (exact) mass is 392 g/mol. The number of hydrogen-bond acceptors (Lipinski definition) is 3. The van der Waals surface area contributed by atoms with Crippen LogP contribution in [0.1, 0.15) is 42.9 Å². The van der Waals surface area contributed by atoms with Crippen molar-refractivity contribution in [2.24, 2.45) is 5.92 Å². The minimum Gasteiger partial charge on any atom is -0.508 e. The van der Waals surface area contributed by atoms with Crippen molar-refractivity contribution in [3.8, 4) is 5.75 Å². The number of aryl methyl sites for hydroxylation is 1. The molecule has 4 heteroatoms. The van der Waals surface area contributed by atoms with Crippen molar-refractivity contribution in [1.82, 2.24) is 10.2 Å². The Morgan fingerprint density at radius 3 is 2.83 bits per heavy atom. The maximum absolute atomic E-state index is 12.4. The summed E-state index contributed by atoms with van der Waals surface area (Å²) in [6, 6.07) is 16.6. The summed E-state index contributed by atoms with van der Waals surface area (Å²) in [5.74, 6) is 0.964. The van der Waals surface area contributed by atoms with Gasteiger partial charge in [0.05, 0.1) is 0 Å². The molecule has 1 fully saturated rings. The number of likely N-dealkylation sites (tertiary alicyclic amines) is 1. The number of aromatic hydroxyl groups is 1. The highest BCUT2D eigenvalue weighted by atomic mass is 16.3. The van der Waals surface area contributed by atoms with Crippen LogP contribution in [0.4, 0.5) is 0 Å². The predicted octanol–water partition coefficient (Wildman–Crippen LogP) is 3.67. The topological polar surface area (TPSA) is 52.6 Å². The van der Waals surface area contributed by atoms with Crippen LogP contribution in [0.3, 0.4) is 0 Å². The number of benzene rings is 2. The predicted molar refractivity (Wildman–Crippen MR) is 116 cm³/mol. The van der Waals surface area contributed by atoms with Crippen molar-refractivity contribution >= 4 is 5.91 Å². The molecule has 0 saturated carbocycles. The number of likely N-dealkylation sites (N-methyl/N-ethyl adjacent to an activating group) is 1. The van der Waals surface area contributed by atoms with E-state index in [1.165, 1.54) is 16.7 Å². The van der Waals surface area contributed by atoms with Crippen molar-refractivity contribution < 1.29 is 9.90 Å². The van der Waals surface area contributed by atoms with Gasteiger partial charge in [0.15, 0.2) is 0 Å². The van der Waals surface area contributed by atoms with Crippen molar-refractivity contribution in [3.63, 3.8) is 0 Å². The lowest BCUT2D eigenvalue weighted by molar-refractivity contribution is -0.121. The van der Waals surface area contributed by atoms with Gasteiger partial charge in [0.25, 0.3) is 0 Å². The normalized spacial score (nSPS) is 26.0. The minimum atomic E-state index is 0.0240. The number of carbonyl (C=O) groups is 1. The van der Waals surface area contributed by atoms with Gasteiger partial charge in [-0.05, 0) is 74.0 Å². The summed E-state index contributed by atoms with van der Waals surface area (Å²) < 4.78 is 0. The first-order chi connectivity index (χ1) is 14.0. The molecule has 0 unspecified atom stereocenters. The lowest BCUT2D eigenvalue weighted by atomic mass is 9.56. The number of piperidine rings is 1. The van der Waals surface area contributed by atoms with Crippen LogP contribution < -0.4 is 5.32 Å². The third kappa shape index (κ3) is 3.91. The van der Waals surface area contributed by atoms with E-state index in [0.717, 1.165) is 32.2 Å². The van der Waals surface area contributed by atoms with E-state index >= 15 is 0 Å². The van der Waals surface area contributed by atoms with Crippen LogP contribution in [-0.2, 0) is 23.1 Å². The molecule has 2 aromatic rings. The van der Waals surface area contributed by atoms with E-state index in [1.807, 2.05) is 30.3 Å². The minimum absolute atomic E-state index is 0.0240. The zero-order valence-electron chi connectivity index (χ0n) is 17.5. The molecule has 154 valence electrons. The molecule has 0 aromatic heterocycles. The third-order valence-electron chi connectivity index (χ3n) is 7.36. The van der Waals surface area contributed by atoms with E-state index < -0.39 is 0 Å². The summed E-state index contributed by atoms with van der Waals surface area (Å²) in [6.45, 7) is 4.10. The maximum Gasteiger partial charge on any atom is 0.220 e. The summed E-state index contributed by atoms with van der Waals surface area (Å²) in [7, 11) is 2.22. The number of hydrogen-bond donors (Lipinski definition) is 2. The van der Waals surface area contributed by atoms with Gasteiger partial charge in [-0.3, -0.25) is 4.79 Å². The number of rotatable bonds is 6. The highest BCUT2D eigenvalue weighted by Crippen LogP contribution is 2.51. The molecule has 1 saturated heterocycles. The molecule has 29 heavy (non-hydrogen) atoms. The van der Waals surface area contributed by atoms with Gasteiger partial charge in [0.2, 0.25) is 5.91 Å². The van der Waals surface area contributed by atoms with Gasteiger partial charge >= 0.3 is 0 Å². The summed E-state index contributed by atoms with van der Waals surface area (Å²) in [4.78, 5) is 14.9. The first kappa shape index (κ1) is 20.0. The van der Waals surface area contributed by atoms with E-state index in [1.54, 1.807) is 0 Å². The summed E-state index contributed by atoms with van der Waals surface area (Å²) >= 11 is 0. The zero-order chi connectivity index (χ0) is 20.4. The lowest BCUT2D eigenvalue weighted by Crippen LogP contribution is -2.58. The third-order valence-corrected chi connectivity index (χ3v) is 7.36. The van der Waals surface area contributed by atoms with Gasteiger partial charge < -0.3 is 15.3 Å². The highest BCUT2D eigenvalue weighted by molar-refractivity contribution is 5.76.